The van der Waals surface area contributed by atoms with Gasteiger partial charge >= 0.3 is 5.97 Å². The fraction of sp³-hybridized carbons (Fsp3) is 0.533. The predicted octanol–water partition coefficient (Wildman–Crippen LogP) is 8.23. The van der Waals surface area contributed by atoms with Gasteiger partial charge in [0.25, 0.3) is 0 Å². The van der Waals surface area contributed by atoms with Gasteiger partial charge < -0.3 is 4.74 Å². The lowest BCUT2D eigenvalue weighted by molar-refractivity contribution is -0.143. The van der Waals surface area contributed by atoms with Gasteiger partial charge in [-0.2, -0.15) is 0 Å². The Balaban J connectivity index is 1.68. The van der Waals surface area contributed by atoms with Gasteiger partial charge in [0.05, 0.1) is 6.61 Å². The molecule has 34 heavy (non-hydrogen) atoms. The molecule has 4 nitrogen and oxygen atoms in total. The molecular weight excluding hydrogens is 422 g/mol. The van der Waals surface area contributed by atoms with Crippen molar-refractivity contribution in [3.05, 3.63) is 60.7 Å². The third kappa shape index (κ3) is 10.1. The van der Waals surface area contributed by atoms with E-state index in [2.05, 4.69) is 6.92 Å². The monoisotopic (exact) mass is 465 g/mol. The van der Waals surface area contributed by atoms with E-state index in [4.69, 9.17) is 4.74 Å². The molecule has 0 aromatic heterocycles. The highest BCUT2D eigenvalue weighted by Gasteiger charge is 2.25. The normalized spacial score (nSPS) is 11.7. The molecule has 0 radical (unpaired) electrons. The molecule has 0 aliphatic rings. The quantitative estimate of drug-likeness (QED) is 0.175. The average molecular weight is 466 g/mol. The summed E-state index contributed by atoms with van der Waals surface area (Å²) >= 11 is 0. The van der Waals surface area contributed by atoms with Crippen molar-refractivity contribution in [1.82, 2.24) is 0 Å². The summed E-state index contributed by atoms with van der Waals surface area (Å²) < 4.78 is 4.96. The van der Waals surface area contributed by atoms with Gasteiger partial charge in [-0.05, 0) is 50.5 Å². The van der Waals surface area contributed by atoms with E-state index in [1.807, 2.05) is 72.5 Å². The fourth-order valence-electron chi connectivity index (χ4n) is 4.37. The van der Waals surface area contributed by atoms with Gasteiger partial charge in [0, 0.05) is 23.7 Å². The highest BCUT2D eigenvalue weighted by atomic mass is 16.5. The fourth-order valence-corrected chi connectivity index (χ4v) is 4.37. The van der Waals surface area contributed by atoms with E-state index in [-0.39, 0.29) is 17.8 Å². The summed E-state index contributed by atoms with van der Waals surface area (Å²) in [7, 11) is 0. The lowest BCUT2D eigenvalue weighted by Crippen LogP contribution is -2.32. The Morgan fingerprint density at radius 1 is 0.706 bits per heavy atom. The van der Waals surface area contributed by atoms with Gasteiger partial charge in [-0.25, -0.2) is 0 Å². The van der Waals surface area contributed by atoms with Gasteiger partial charge in [0.1, 0.15) is 0 Å². The molecule has 0 aliphatic heterocycles. The number of ether oxygens (including phenoxy) is 1. The Hall–Kier alpha value is -2.62. The SMILES string of the molecule is CCOC(=O)CCCCCCCCCCC[C@@H](CC)C(=O)N(c1ccccc1)c1ccccc1. The van der Waals surface area contributed by atoms with Gasteiger partial charge in [-0.3, -0.25) is 14.5 Å². The second kappa shape index (κ2) is 16.9. The summed E-state index contributed by atoms with van der Waals surface area (Å²) in [5.41, 5.74) is 1.86. The first kappa shape index (κ1) is 27.6. The topological polar surface area (TPSA) is 46.6 Å². The van der Waals surface area contributed by atoms with Crippen molar-refractivity contribution in [3.8, 4) is 0 Å². The largest absolute Gasteiger partial charge is 0.466 e. The molecule has 0 spiro atoms. The molecule has 0 saturated carbocycles. The summed E-state index contributed by atoms with van der Waals surface area (Å²) in [5, 5.41) is 0. The van der Waals surface area contributed by atoms with E-state index in [0.717, 1.165) is 43.5 Å². The Labute approximate surface area is 206 Å². The molecular formula is C30H43NO3. The summed E-state index contributed by atoms with van der Waals surface area (Å²) in [6.07, 6.45) is 12.9. The molecule has 0 saturated heterocycles. The van der Waals surface area contributed by atoms with Crippen LogP contribution in [0.15, 0.2) is 60.7 Å². The number of nitrogens with zero attached hydrogens (tertiary/aromatic N) is 1. The van der Waals surface area contributed by atoms with E-state index < -0.39 is 0 Å². The van der Waals surface area contributed by atoms with Crippen LogP contribution in [0.2, 0.25) is 0 Å². The number of carbonyl (C=O) groups is 2. The zero-order chi connectivity index (χ0) is 24.4. The van der Waals surface area contributed by atoms with Crippen molar-refractivity contribution in [2.45, 2.75) is 90.9 Å². The average Bonchev–Trinajstić information content (AvgIpc) is 2.86. The van der Waals surface area contributed by atoms with Crippen LogP contribution in [0, 0.1) is 5.92 Å². The second-order valence-electron chi connectivity index (χ2n) is 8.98. The lowest BCUT2D eigenvalue weighted by atomic mass is 9.95. The molecule has 0 aliphatic carbocycles. The van der Waals surface area contributed by atoms with Crippen LogP contribution in [0.4, 0.5) is 11.4 Å². The minimum absolute atomic E-state index is 0.0415. The molecule has 186 valence electrons. The Morgan fingerprint density at radius 2 is 1.18 bits per heavy atom. The van der Waals surface area contributed by atoms with Crippen LogP contribution in [0.25, 0.3) is 0 Å². The van der Waals surface area contributed by atoms with Crippen molar-refractivity contribution in [2.24, 2.45) is 5.92 Å². The Bertz CT molecular complexity index is 767. The summed E-state index contributed by atoms with van der Waals surface area (Å²) in [6.45, 7) is 4.45. The molecule has 0 heterocycles. The number of esters is 1. The number of carbonyl (C=O) groups excluding carboxylic acids is 2. The van der Waals surface area contributed by atoms with Gasteiger partial charge in [0.15, 0.2) is 0 Å². The van der Waals surface area contributed by atoms with Crippen LogP contribution >= 0.6 is 0 Å². The zero-order valence-electron chi connectivity index (χ0n) is 21.2. The van der Waals surface area contributed by atoms with Crippen molar-refractivity contribution in [1.29, 1.82) is 0 Å². The van der Waals surface area contributed by atoms with Gasteiger partial charge in [-0.15, -0.1) is 0 Å². The number of anilines is 2. The molecule has 1 amide bonds. The van der Waals surface area contributed by atoms with Crippen LogP contribution in [0.3, 0.4) is 0 Å². The zero-order valence-corrected chi connectivity index (χ0v) is 21.2. The minimum Gasteiger partial charge on any atom is -0.466 e. The first-order valence-electron chi connectivity index (χ1n) is 13.3. The summed E-state index contributed by atoms with van der Waals surface area (Å²) in [6, 6.07) is 19.9. The second-order valence-corrected chi connectivity index (χ2v) is 8.98. The summed E-state index contributed by atoms with van der Waals surface area (Å²) in [4.78, 5) is 26.8. The van der Waals surface area contributed by atoms with Crippen molar-refractivity contribution >= 4 is 23.3 Å². The number of amides is 1. The first-order valence-corrected chi connectivity index (χ1v) is 13.3. The third-order valence-corrected chi connectivity index (χ3v) is 6.33. The molecule has 2 aromatic rings. The Kier molecular flexibility index (Phi) is 13.7. The molecule has 0 fully saturated rings. The minimum atomic E-state index is -0.0676. The maximum atomic E-state index is 13.5. The van der Waals surface area contributed by atoms with Gasteiger partial charge in [-0.1, -0.05) is 94.7 Å². The molecule has 2 aromatic carbocycles. The smallest absolute Gasteiger partial charge is 0.305 e. The maximum Gasteiger partial charge on any atom is 0.305 e. The highest BCUT2D eigenvalue weighted by molar-refractivity contribution is 6.01. The van der Waals surface area contributed by atoms with E-state index in [1.54, 1.807) is 0 Å². The number of hydrogen-bond donors (Lipinski definition) is 0. The van der Waals surface area contributed by atoms with E-state index in [0.29, 0.717) is 13.0 Å². The number of hydrogen-bond acceptors (Lipinski definition) is 3. The van der Waals surface area contributed by atoms with Crippen molar-refractivity contribution in [3.63, 3.8) is 0 Å². The molecule has 1 atom stereocenters. The summed E-state index contributed by atoms with van der Waals surface area (Å²) in [5.74, 6) is 0.171. The van der Waals surface area contributed by atoms with E-state index in [1.165, 1.54) is 38.5 Å². The standard InChI is InChI=1S/C30H43NO3/c1-3-26(20-14-10-8-6-5-7-9-11-19-25-29(32)34-4-2)30(33)31(27-21-15-12-16-22-27)28-23-17-13-18-24-28/h12-13,15-18,21-24,26H,3-11,14,19-20,25H2,1-2H3/t26-/m1/s1. The van der Waals surface area contributed by atoms with Crippen LogP contribution in [0.1, 0.15) is 90.9 Å². The van der Waals surface area contributed by atoms with Crippen LogP contribution in [0.5, 0.6) is 0 Å². The number of benzene rings is 2. The van der Waals surface area contributed by atoms with Crippen LogP contribution in [-0.4, -0.2) is 18.5 Å². The first-order chi connectivity index (χ1) is 16.7. The van der Waals surface area contributed by atoms with Crippen molar-refractivity contribution in [2.75, 3.05) is 11.5 Å². The van der Waals surface area contributed by atoms with Gasteiger partial charge in [0.2, 0.25) is 5.91 Å². The lowest BCUT2D eigenvalue weighted by Gasteiger charge is -2.27. The van der Waals surface area contributed by atoms with Crippen LogP contribution in [-0.2, 0) is 14.3 Å². The number of rotatable bonds is 17. The molecule has 4 heteroatoms. The van der Waals surface area contributed by atoms with E-state index >= 15 is 0 Å². The molecule has 0 unspecified atom stereocenters. The van der Waals surface area contributed by atoms with Crippen molar-refractivity contribution < 1.29 is 14.3 Å². The number of unbranched alkanes of at least 4 members (excludes halogenated alkanes) is 8. The molecule has 0 N–H and O–H groups in total. The Morgan fingerprint density at radius 3 is 1.65 bits per heavy atom. The van der Waals surface area contributed by atoms with Crippen LogP contribution < -0.4 is 4.90 Å². The predicted molar refractivity (Wildman–Crippen MR) is 141 cm³/mol. The van der Waals surface area contributed by atoms with E-state index in [9.17, 15) is 9.59 Å². The highest BCUT2D eigenvalue weighted by Crippen LogP contribution is 2.29. The molecule has 0 bridgehead atoms. The third-order valence-electron chi connectivity index (χ3n) is 6.33. The molecule has 2 rings (SSSR count). The number of para-hydroxylation sites is 2. The maximum absolute atomic E-state index is 13.5.